The van der Waals surface area contributed by atoms with E-state index in [-0.39, 0.29) is 17.8 Å². The van der Waals surface area contributed by atoms with E-state index in [1.54, 1.807) is 22.4 Å². The van der Waals surface area contributed by atoms with Crippen molar-refractivity contribution in [3.8, 4) is 0 Å². The molecule has 1 aliphatic rings. The van der Waals surface area contributed by atoms with Gasteiger partial charge in [0, 0.05) is 25.5 Å². The zero-order valence-electron chi connectivity index (χ0n) is 8.39. The molecule has 4 nitrogen and oxygen atoms in total. The number of aromatic nitrogens is 2. The van der Waals surface area contributed by atoms with E-state index >= 15 is 0 Å². The van der Waals surface area contributed by atoms with Gasteiger partial charge >= 0.3 is 5.69 Å². The highest BCUT2D eigenvalue weighted by Gasteiger charge is 2.21. The second-order valence-corrected chi connectivity index (χ2v) is 4.06. The molecule has 0 atom stereocenters. The van der Waals surface area contributed by atoms with Crippen molar-refractivity contribution in [3.63, 3.8) is 0 Å². The fraction of sp³-hybridized carbons (Fsp3) is 0.700. The monoisotopic (exact) mass is 196 g/mol. The summed E-state index contributed by atoms with van der Waals surface area (Å²) in [7, 11) is 1.76. The minimum absolute atomic E-state index is 0.0476. The van der Waals surface area contributed by atoms with Gasteiger partial charge in [-0.05, 0) is 25.7 Å². The molecular weight excluding hydrogens is 180 g/mol. The number of hydrogen-bond acceptors (Lipinski definition) is 2. The van der Waals surface area contributed by atoms with E-state index in [9.17, 15) is 9.90 Å². The molecule has 1 fully saturated rings. The van der Waals surface area contributed by atoms with Gasteiger partial charge in [-0.1, -0.05) is 0 Å². The Balaban J connectivity index is 2.16. The smallest absolute Gasteiger partial charge is 0.328 e. The zero-order chi connectivity index (χ0) is 10.1. The van der Waals surface area contributed by atoms with Gasteiger partial charge in [0.1, 0.15) is 0 Å². The number of rotatable bonds is 1. The number of hydrogen-bond donors (Lipinski definition) is 1. The minimum atomic E-state index is -0.161. The van der Waals surface area contributed by atoms with Crippen molar-refractivity contribution in [2.24, 2.45) is 7.05 Å². The van der Waals surface area contributed by atoms with Crippen LogP contribution in [-0.2, 0) is 7.05 Å². The molecule has 78 valence electrons. The zero-order valence-corrected chi connectivity index (χ0v) is 8.39. The van der Waals surface area contributed by atoms with Crippen LogP contribution < -0.4 is 5.69 Å². The molecule has 1 aromatic rings. The highest BCUT2D eigenvalue weighted by atomic mass is 16.3. The van der Waals surface area contributed by atoms with Crippen LogP contribution in [0.4, 0.5) is 0 Å². The first kappa shape index (κ1) is 9.52. The summed E-state index contributed by atoms with van der Waals surface area (Å²) in [6.45, 7) is 0. The van der Waals surface area contributed by atoms with Gasteiger partial charge in [-0.15, -0.1) is 0 Å². The Labute approximate surface area is 82.8 Å². The molecule has 14 heavy (non-hydrogen) atoms. The lowest BCUT2D eigenvalue weighted by Crippen LogP contribution is -2.29. The fourth-order valence-electron chi connectivity index (χ4n) is 2.10. The Bertz CT molecular complexity index is 358. The Kier molecular flexibility index (Phi) is 2.46. The third-order valence-electron chi connectivity index (χ3n) is 3.03. The lowest BCUT2D eigenvalue weighted by atomic mass is 9.93. The van der Waals surface area contributed by atoms with E-state index in [0.29, 0.717) is 0 Å². The Morgan fingerprint density at radius 1 is 1.29 bits per heavy atom. The summed E-state index contributed by atoms with van der Waals surface area (Å²) < 4.78 is 3.37. The topological polar surface area (TPSA) is 47.2 Å². The van der Waals surface area contributed by atoms with E-state index in [4.69, 9.17) is 0 Å². The van der Waals surface area contributed by atoms with Crippen LogP contribution in [0, 0.1) is 0 Å². The first-order valence-corrected chi connectivity index (χ1v) is 5.10. The van der Waals surface area contributed by atoms with Gasteiger partial charge in [-0.25, -0.2) is 4.79 Å². The average Bonchev–Trinajstić information content (AvgIpc) is 2.50. The normalized spacial score (nSPS) is 27.9. The molecule has 0 bridgehead atoms. The molecule has 2 rings (SSSR count). The van der Waals surface area contributed by atoms with Crippen LogP contribution in [0.25, 0.3) is 0 Å². The Morgan fingerprint density at radius 2 is 1.93 bits per heavy atom. The molecule has 1 saturated carbocycles. The van der Waals surface area contributed by atoms with Crippen molar-refractivity contribution in [1.82, 2.24) is 9.13 Å². The van der Waals surface area contributed by atoms with Crippen molar-refractivity contribution in [3.05, 3.63) is 22.9 Å². The molecule has 0 amide bonds. The second-order valence-electron chi connectivity index (χ2n) is 4.06. The summed E-state index contributed by atoms with van der Waals surface area (Å²) in [5.74, 6) is 0. The maximum atomic E-state index is 11.6. The largest absolute Gasteiger partial charge is 0.393 e. The molecule has 0 radical (unpaired) electrons. The standard InChI is InChI=1S/C10H16N2O2/c1-11-6-7-12(10(11)14)8-2-4-9(13)5-3-8/h6-9,13H,2-5H2,1H3. The van der Waals surface area contributed by atoms with Crippen LogP contribution in [-0.4, -0.2) is 20.3 Å². The highest BCUT2D eigenvalue weighted by Crippen LogP contribution is 2.26. The summed E-state index contributed by atoms with van der Waals surface area (Å²) in [4.78, 5) is 11.6. The van der Waals surface area contributed by atoms with Crippen LogP contribution in [0.5, 0.6) is 0 Å². The maximum absolute atomic E-state index is 11.6. The summed E-state index contributed by atoms with van der Waals surface area (Å²) in [5.41, 5.74) is 0.0476. The van der Waals surface area contributed by atoms with Crippen molar-refractivity contribution in [1.29, 1.82) is 0 Å². The quantitative estimate of drug-likeness (QED) is 0.717. The summed E-state index contributed by atoms with van der Waals surface area (Å²) in [6.07, 6.45) is 6.90. The Morgan fingerprint density at radius 3 is 2.43 bits per heavy atom. The summed E-state index contributed by atoms with van der Waals surface area (Å²) >= 11 is 0. The van der Waals surface area contributed by atoms with Gasteiger partial charge in [0.15, 0.2) is 0 Å². The van der Waals surface area contributed by atoms with Crippen molar-refractivity contribution in [2.45, 2.75) is 37.8 Å². The Hall–Kier alpha value is -1.03. The third-order valence-corrected chi connectivity index (χ3v) is 3.03. The lowest BCUT2D eigenvalue weighted by molar-refractivity contribution is 0.110. The van der Waals surface area contributed by atoms with Crippen LogP contribution in [0.15, 0.2) is 17.2 Å². The molecule has 0 saturated heterocycles. The fourth-order valence-corrected chi connectivity index (χ4v) is 2.10. The molecule has 4 heteroatoms. The van der Waals surface area contributed by atoms with E-state index in [1.807, 2.05) is 6.20 Å². The number of imidazole rings is 1. The predicted molar refractivity (Wildman–Crippen MR) is 53.2 cm³/mol. The van der Waals surface area contributed by atoms with E-state index in [0.717, 1.165) is 25.7 Å². The third kappa shape index (κ3) is 1.62. The van der Waals surface area contributed by atoms with Gasteiger partial charge in [0.2, 0.25) is 0 Å². The van der Waals surface area contributed by atoms with Crippen molar-refractivity contribution < 1.29 is 5.11 Å². The minimum Gasteiger partial charge on any atom is -0.393 e. The molecule has 1 heterocycles. The van der Waals surface area contributed by atoms with Crippen molar-refractivity contribution in [2.75, 3.05) is 0 Å². The van der Waals surface area contributed by atoms with Crippen LogP contribution >= 0.6 is 0 Å². The van der Waals surface area contributed by atoms with Gasteiger partial charge in [-0.2, -0.15) is 0 Å². The molecule has 0 aliphatic heterocycles. The van der Waals surface area contributed by atoms with Crippen LogP contribution in [0.1, 0.15) is 31.7 Å². The maximum Gasteiger partial charge on any atom is 0.328 e. The molecule has 0 aromatic carbocycles. The van der Waals surface area contributed by atoms with E-state index < -0.39 is 0 Å². The molecule has 1 N–H and O–H groups in total. The van der Waals surface area contributed by atoms with E-state index in [1.165, 1.54) is 0 Å². The van der Waals surface area contributed by atoms with E-state index in [2.05, 4.69) is 0 Å². The predicted octanol–water partition coefficient (Wildman–Crippen LogP) is 0.663. The number of aliphatic hydroxyl groups is 1. The number of nitrogens with zero attached hydrogens (tertiary/aromatic N) is 2. The number of aryl methyl sites for hydroxylation is 1. The summed E-state index contributed by atoms with van der Waals surface area (Å²) in [6, 6.07) is 0.284. The van der Waals surface area contributed by atoms with Crippen LogP contribution in [0.2, 0.25) is 0 Å². The molecule has 0 unspecified atom stereocenters. The summed E-state index contributed by atoms with van der Waals surface area (Å²) in [5, 5.41) is 9.36. The van der Waals surface area contributed by atoms with Crippen LogP contribution in [0.3, 0.4) is 0 Å². The molecule has 1 aromatic heterocycles. The van der Waals surface area contributed by atoms with Gasteiger partial charge in [0.05, 0.1) is 6.10 Å². The van der Waals surface area contributed by atoms with Gasteiger partial charge < -0.3 is 9.67 Å². The first-order chi connectivity index (χ1) is 6.68. The first-order valence-electron chi connectivity index (χ1n) is 5.10. The molecular formula is C10H16N2O2. The van der Waals surface area contributed by atoms with Gasteiger partial charge in [0.25, 0.3) is 0 Å². The van der Waals surface area contributed by atoms with Gasteiger partial charge in [-0.3, -0.25) is 4.57 Å². The lowest BCUT2D eigenvalue weighted by Gasteiger charge is -2.25. The highest BCUT2D eigenvalue weighted by molar-refractivity contribution is 4.86. The average molecular weight is 196 g/mol. The molecule has 0 spiro atoms. The second kappa shape index (κ2) is 3.61. The van der Waals surface area contributed by atoms with Crippen molar-refractivity contribution >= 4 is 0 Å². The SMILES string of the molecule is Cn1ccn(C2CCC(O)CC2)c1=O. The number of aliphatic hydroxyl groups excluding tert-OH is 1. The molecule has 1 aliphatic carbocycles.